The Labute approximate surface area is 65.4 Å². The normalized spacial score (nSPS) is 20.9. The molecule has 0 saturated carbocycles. The van der Waals surface area contributed by atoms with E-state index in [1.807, 2.05) is 30.4 Å². The Bertz CT molecular complexity index is 314. The molecule has 2 rings (SSSR count). The number of hydrogen-bond acceptors (Lipinski definition) is 1. The summed E-state index contributed by atoms with van der Waals surface area (Å²) in [6.07, 6.45) is 12.2. The molecule has 0 amide bonds. The first-order valence-electron chi connectivity index (χ1n) is 3.67. The van der Waals surface area contributed by atoms with E-state index in [1.54, 1.807) is 6.08 Å². The molecule has 0 atom stereocenters. The minimum atomic E-state index is 0.163. The number of carbonyl (C=O) groups excluding carboxylic acids is 1. The summed E-state index contributed by atoms with van der Waals surface area (Å²) < 4.78 is 0. The SMILES string of the molecule is O=C1C=CC2=C1CC=CC=C2. The summed E-state index contributed by atoms with van der Waals surface area (Å²) in [5.74, 6) is 0.163. The lowest BCUT2D eigenvalue weighted by Gasteiger charge is -1.94. The van der Waals surface area contributed by atoms with E-state index in [0.29, 0.717) is 0 Å². The molecule has 0 saturated heterocycles. The van der Waals surface area contributed by atoms with E-state index in [1.165, 1.54) is 0 Å². The molecular weight excluding hydrogens is 136 g/mol. The summed E-state index contributed by atoms with van der Waals surface area (Å²) in [7, 11) is 0. The largest absolute Gasteiger partial charge is 0.290 e. The van der Waals surface area contributed by atoms with Gasteiger partial charge < -0.3 is 0 Å². The van der Waals surface area contributed by atoms with E-state index < -0.39 is 0 Å². The molecule has 0 bridgehead atoms. The molecule has 0 unspecified atom stereocenters. The van der Waals surface area contributed by atoms with Crippen LogP contribution in [-0.4, -0.2) is 5.78 Å². The van der Waals surface area contributed by atoms with Crippen LogP contribution < -0.4 is 0 Å². The topological polar surface area (TPSA) is 17.1 Å². The zero-order valence-electron chi connectivity index (χ0n) is 6.08. The van der Waals surface area contributed by atoms with Gasteiger partial charge in [-0.1, -0.05) is 30.4 Å². The molecule has 0 heterocycles. The second kappa shape index (κ2) is 2.35. The van der Waals surface area contributed by atoms with E-state index >= 15 is 0 Å². The van der Waals surface area contributed by atoms with Crippen molar-refractivity contribution in [1.82, 2.24) is 0 Å². The molecule has 0 fully saturated rings. The summed E-state index contributed by atoms with van der Waals surface area (Å²) in [5.41, 5.74) is 2.00. The van der Waals surface area contributed by atoms with Crippen molar-refractivity contribution < 1.29 is 4.79 Å². The maximum absolute atomic E-state index is 11.1. The number of carbonyl (C=O) groups is 1. The van der Waals surface area contributed by atoms with Gasteiger partial charge in [0.25, 0.3) is 0 Å². The molecule has 0 spiro atoms. The first kappa shape index (κ1) is 6.35. The van der Waals surface area contributed by atoms with Crippen LogP contribution in [0.4, 0.5) is 0 Å². The molecule has 11 heavy (non-hydrogen) atoms. The average molecular weight is 144 g/mol. The third-order valence-electron chi connectivity index (χ3n) is 1.91. The van der Waals surface area contributed by atoms with Crippen LogP contribution in [0, 0.1) is 0 Å². The third-order valence-corrected chi connectivity index (χ3v) is 1.91. The van der Waals surface area contributed by atoms with Gasteiger partial charge >= 0.3 is 0 Å². The van der Waals surface area contributed by atoms with Crippen LogP contribution in [0.2, 0.25) is 0 Å². The van der Waals surface area contributed by atoms with Crippen LogP contribution in [-0.2, 0) is 4.79 Å². The summed E-state index contributed by atoms with van der Waals surface area (Å²) in [6.45, 7) is 0. The van der Waals surface area contributed by atoms with E-state index in [4.69, 9.17) is 0 Å². The van der Waals surface area contributed by atoms with Crippen molar-refractivity contribution in [2.24, 2.45) is 0 Å². The fourth-order valence-corrected chi connectivity index (χ4v) is 1.31. The first-order chi connectivity index (χ1) is 5.38. The molecule has 2 aliphatic rings. The minimum absolute atomic E-state index is 0.163. The van der Waals surface area contributed by atoms with Crippen molar-refractivity contribution in [2.45, 2.75) is 6.42 Å². The lowest BCUT2D eigenvalue weighted by Crippen LogP contribution is -1.93. The highest BCUT2D eigenvalue weighted by Crippen LogP contribution is 2.22. The second-order valence-electron chi connectivity index (χ2n) is 2.62. The lowest BCUT2D eigenvalue weighted by atomic mass is 10.1. The van der Waals surface area contributed by atoms with Crippen molar-refractivity contribution in [3.63, 3.8) is 0 Å². The van der Waals surface area contributed by atoms with Gasteiger partial charge in [0.15, 0.2) is 5.78 Å². The Kier molecular flexibility index (Phi) is 1.35. The monoisotopic (exact) mass is 144 g/mol. The van der Waals surface area contributed by atoms with Gasteiger partial charge in [0.1, 0.15) is 0 Å². The summed E-state index contributed by atoms with van der Waals surface area (Å²) >= 11 is 0. The number of rotatable bonds is 0. The van der Waals surface area contributed by atoms with E-state index in [2.05, 4.69) is 0 Å². The molecule has 54 valence electrons. The molecule has 1 heteroatoms. The second-order valence-corrected chi connectivity index (χ2v) is 2.62. The maximum Gasteiger partial charge on any atom is 0.182 e. The van der Waals surface area contributed by atoms with Crippen LogP contribution >= 0.6 is 0 Å². The van der Waals surface area contributed by atoms with E-state index in [0.717, 1.165) is 17.6 Å². The molecule has 0 aromatic carbocycles. The predicted octanol–water partition coefficient (Wildman–Crippen LogP) is 1.94. The van der Waals surface area contributed by atoms with Gasteiger partial charge in [-0.25, -0.2) is 0 Å². The van der Waals surface area contributed by atoms with Gasteiger partial charge in [-0.15, -0.1) is 0 Å². The Morgan fingerprint density at radius 2 is 2.00 bits per heavy atom. The molecule has 0 aliphatic heterocycles. The standard InChI is InChI=1S/C10H8O/c11-10-7-6-8-4-2-1-3-5-9(8)10/h1-4,6-7H,5H2. The van der Waals surface area contributed by atoms with Crippen LogP contribution in [0.1, 0.15) is 6.42 Å². The highest BCUT2D eigenvalue weighted by molar-refractivity contribution is 6.08. The Hall–Kier alpha value is -1.37. The fraction of sp³-hybridized carbons (Fsp3) is 0.100. The van der Waals surface area contributed by atoms with E-state index in [9.17, 15) is 4.79 Å². The molecule has 0 aromatic heterocycles. The Morgan fingerprint density at radius 3 is 2.91 bits per heavy atom. The first-order valence-corrected chi connectivity index (χ1v) is 3.67. The Balaban J connectivity index is 2.46. The van der Waals surface area contributed by atoms with Gasteiger partial charge in [0.05, 0.1) is 0 Å². The van der Waals surface area contributed by atoms with Crippen molar-refractivity contribution >= 4 is 5.78 Å². The lowest BCUT2D eigenvalue weighted by molar-refractivity contribution is -0.111. The van der Waals surface area contributed by atoms with Crippen molar-refractivity contribution in [3.05, 3.63) is 47.6 Å². The molecular formula is C10H8O. The van der Waals surface area contributed by atoms with E-state index in [-0.39, 0.29) is 5.78 Å². The van der Waals surface area contributed by atoms with Crippen LogP contribution in [0.5, 0.6) is 0 Å². The summed E-state index contributed by atoms with van der Waals surface area (Å²) in [4.78, 5) is 11.1. The minimum Gasteiger partial charge on any atom is -0.290 e. The summed E-state index contributed by atoms with van der Waals surface area (Å²) in [5, 5.41) is 0. The summed E-state index contributed by atoms with van der Waals surface area (Å²) in [6, 6.07) is 0. The molecule has 2 aliphatic carbocycles. The van der Waals surface area contributed by atoms with Gasteiger partial charge in [-0.05, 0) is 18.1 Å². The third kappa shape index (κ3) is 0.984. The molecule has 0 aromatic rings. The highest BCUT2D eigenvalue weighted by atomic mass is 16.1. The van der Waals surface area contributed by atoms with Crippen molar-refractivity contribution in [2.75, 3.05) is 0 Å². The Morgan fingerprint density at radius 1 is 1.09 bits per heavy atom. The quantitative estimate of drug-likeness (QED) is 0.507. The number of allylic oxidation sites excluding steroid dienone is 8. The van der Waals surface area contributed by atoms with Crippen molar-refractivity contribution in [1.29, 1.82) is 0 Å². The predicted molar refractivity (Wildman–Crippen MR) is 44.1 cm³/mol. The van der Waals surface area contributed by atoms with Gasteiger partial charge in [-0.2, -0.15) is 0 Å². The highest BCUT2D eigenvalue weighted by Gasteiger charge is 2.14. The van der Waals surface area contributed by atoms with Gasteiger partial charge in [-0.3, -0.25) is 4.79 Å². The van der Waals surface area contributed by atoms with Crippen LogP contribution in [0.15, 0.2) is 47.6 Å². The molecule has 0 N–H and O–H groups in total. The molecule has 1 nitrogen and oxygen atoms in total. The smallest absolute Gasteiger partial charge is 0.182 e. The fourth-order valence-electron chi connectivity index (χ4n) is 1.31. The zero-order valence-corrected chi connectivity index (χ0v) is 6.08. The number of hydrogen-bond donors (Lipinski definition) is 0. The van der Waals surface area contributed by atoms with Crippen LogP contribution in [0.25, 0.3) is 0 Å². The number of ketones is 1. The van der Waals surface area contributed by atoms with Crippen LogP contribution in [0.3, 0.4) is 0 Å². The van der Waals surface area contributed by atoms with Crippen molar-refractivity contribution in [3.8, 4) is 0 Å². The zero-order chi connectivity index (χ0) is 7.68. The average Bonchev–Trinajstić information content (AvgIpc) is 2.25. The van der Waals surface area contributed by atoms with Gasteiger partial charge in [0, 0.05) is 5.57 Å². The van der Waals surface area contributed by atoms with Gasteiger partial charge in [0.2, 0.25) is 0 Å². The molecule has 0 radical (unpaired) electrons. The maximum atomic E-state index is 11.1.